The minimum atomic E-state index is -0.565. The van der Waals surface area contributed by atoms with Crippen LogP contribution in [0.25, 0.3) is 17.4 Å². The van der Waals surface area contributed by atoms with Gasteiger partial charge in [-0.05, 0) is 55.5 Å². The minimum absolute atomic E-state index is 0.0483. The van der Waals surface area contributed by atoms with Crippen LogP contribution in [0.3, 0.4) is 0 Å². The molecule has 1 aliphatic rings. The second-order valence-corrected chi connectivity index (χ2v) is 7.27. The molecule has 0 saturated carbocycles. The van der Waals surface area contributed by atoms with Crippen molar-refractivity contribution in [2.24, 2.45) is 0 Å². The third kappa shape index (κ3) is 3.95. The third-order valence-electron chi connectivity index (χ3n) is 4.75. The van der Waals surface area contributed by atoms with E-state index in [4.69, 9.17) is 20.8 Å². The van der Waals surface area contributed by atoms with Gasteiger partial charge in [0.25, 0.3) is 11.8 Å². The summed E-state index contributed by atoms with van der Waals surface area (Å²) in [6.45, 7) is 1.93. The van der Waals surface area contributed by atoms with Crippen molar-refractivity contribution in [2.45, 2.75) is 6.92 Å². The number of carbonyl (C=O) groups is 3. The largest absolute Gasteiger partial charge is 0.465 e. The van der Waals surface area contributed by atoms with Crippen molar-refractivity contribution in [1.82, 2.24) is 5.43 Å². The Bertz CT molecular complexity index is 1230. The number of anilines is 1. The van der Waals surface area contributed by atoms with Crippen LogP contribution in [0.1, 0.15) is 21.7 Å². The lowest BCUT2D eigenvalue weighted by molar-refractivity contribution is -0.117. The van der Waals surface area contributed by atoms with E-state index in [9.17, 15) is 14.4 Å². The minimum Gasteiger partial charge on any atom is -0.465 e. The molecule has 156 valence electrons. The van der Waals surface area contributed by atoms with E-state index in [2.05, 4.69) is 5.43 Å². The van der Waals surface area contributed by atoms with Crippen LogP contribution in [-0.2, 0) is 14.3 Å². The average molecular weight is 437 g/mol. The number of amides is 2. The van der Waals surface area contributed by atoms with Crippen molar-refractivity contribution >= 4 is 41.1 Å². The number of hydrogen-bond acceptors (Lipinski definition) is 5. The smallest absolute Gasteiger partial charge is 0.339 e. The van der Waals surface area contributed by atoms with E-state index in [0.29, 0.717) is 22.8 Å². The monoisotopic (exact) mass is 436 g/mol. The highest BCUT2D eigenvalue weighted by molar-refractivity contribution is 6.33. The van der Waals surface area contributed by atoms with Gasteiger partial charge in [-0.25, -0.2) is 9.80 Å². The first-order valence-electron chi connectivity index (χ1n) is 9.29. The van der Waals surface area contributed by atoms with E-state index < -0.39 is 17.8 Å². The van der Waals surface area contributed by atoms with Crippen molar-refractivity contribution < 1.29 is 23.5 Å². The molecule has 7 nitrogen and oxygen atoms in total. The van der Waals surface area contributed by atoms with E-state index in [1.807, 2.05) is 19.1 Å². The predicted octanol–water partition coefficient (Wildman–Crippen LogP) is 4.16. The van der Waals surface area contributed by atoms with Crippen LogP contribution in [0.2, 0.25) is 5.02 Å². The molecule has 0 radical (unpaired) electrons. The number of carbonyl (C=O) groups excluding carboxylic acids is 3. The van der Waals surface area contributed by atoms with Crippen LogP contribution >= 0.6 is 11.6 Å². The number of hydrazine groups is 1. The number of rotatable bonds is 4. The molecule has 0 spiro atoms. The van der Waals surface area contributed by atoms with E-state index in [-0.39, 0.29) is 16.2 Å². The number of aryl methyl sites for hydroxylation is 1. The van der Waals surface area contributed by atoms with Crippen molar-refractivity contribution in [2.75, 3.05) is 12.1 Å². The Morgan fingerprint density at radius 3 is 2.55 bits per heavy atom. The van der Waals surface area contributed by atoms with E-state index in [1.54, 1.807) is 42.5 Å². The number of halogens is 1. The Labute approximate surface area is 182 Å². The SMILES string of the molecule is COC(=O)c1cc(-c2ccc(C=C3C(=O)NN(c4ccc(C)cc4)C3=O)o2)ccc1Cl. The summed E-state index contributed by atoms with van der Waals surface area (Å²) >= 11 is 6.05. The molecule has 31 heavy (non-hydrogen) atoms. The van der Waals surface area contributed by atoms with Crippen molar-refractivity contribution in [1.29, 1.82) is 0 Å². The maximum Gasteiger partial charge on any atom is 0.339 e. The molecule has 0 bridgehead atoms. The molecule has 2 amide bonds. The van der Waals surface area contributed by atoms with Crippen molar-refractivity contribution in [3.05, 3.63) is 82.1 Å². The molecular weight excluding hydrogens is 420 g/mol. The summed E-state index contributed by atoms with van der Waals surface area (Å²) in [5.41, 5.74) is 4.90. The van der Waals surface area contributed by atoms with Crippen LogP contribution in [-0.4, -0.2) is 24.9 Å². The first-order chi connectivity index (χ1) is 14.9. The summed E-state index contributed by atoms with van der Waals surface area (Å²) in [5.74, 6) is -0.817. The molecular formula is C23H17ClN2O5. The fourth-order valence-corrected chi connectivity index (χ4v) is 3.30. The summed E-state index contributed by atoms with van der Waals surface area (Å²) in [6.07, 6.45) is 1.38. The third-order valence-corrected chi connectivity index (χ3v) is 5.08. The van der Waals surface area contributed by atoms with Gasteiger partial charge in [0.15, 0.2) is 0 Å². The lowest BCUT2D eigenvalue weighted by atomic mass is 10.1. The van der Waals surface area contributed by atoms with Gasteiger partial charge < -0.3 is 9.15 Å². The number of benzene rings is 2. The van der Waals surface area contributed by atoms with Gasteiger partial charge >= 0.3 is 5.97 Å². The number of methoxy groups -OCH3 is 1. The summed E-state index contributed by atoms with van der Waals surface area (Å²) in [4.78, 5) is 37.0. The standard InChI is InChI=1S/C23H17ClN2O5/c1-13-3-6-15(7-4-13)26-22(28)18(21(27)25-26)12-16-8-10-20(31-16)14-5-9-19(24)17(11-14)23(29)30-2/h3-12H,1-2H3,(H,25,27). The first kappa shape index (κ1) is 20.4. The second kappa shape index (κ2) is 8.12. The van der Waals surface area contributed by atoms with Crippen LogP contribution in [0, 0.1) is 6.92 Å². The first-order valence-corrected chi connectivity index (χ1v) is 9.67. The van der Waals surface area contributed by atoms with Crippen molar-refractivity contribution in [3.8, 4) is 11.3 Å². The zero-order chi connectivity index (χ0) is 22.1. The normalized spacial score (nSPS) is 14.8. The van der Waals surface area contributed by atoms with Crippen LogP contribution < -0.4 is 10.4 Å². The molecule has 1 aromatic heterocycles. The second-order valence-electron chi connectivity index (χ2n) is 6.86. The molecule has 2 heterocycles. The number of furan rings is 1. The molecule has 1 fully saturated rings. The topological polar surface area (TPSA) is 88.9 Å². The Balaban J connectivity index is 1.61. The molecule has 1 saturated heterocycles. The van der Waals surface area contributed by atoms with Gasteiger partial charge in [0.2, 0.25) is 0 Å². The Morgan fingerprint density at radius 2 is 1.84 bits per heavy atom. The van der Waals surface area contributed by atoms with E-state index >= 15 is 0 Å². The highest BCUT2D eigenvalue weighted by Crippen LogP contribution is 2.29. The number of esters is 1. The van der Waals surface area contributed by atoms with Gasteiger partial charge in [-0.1, -0.05) is 29.3 Å². The van der Waals surface area contributed by atoms with Crippen LogP contribution in [0.15, 0.2) is 64.6 Å². The van der Waals surface area contributed by atoms with Crippen molar-refractivity contribution in [3.63, 3.8) is 0 Å². The predicted molar refractivity (Wildman–Crippen MR) is 115 cm³/mol. The number of nitrogens with one attached hydrogen (secondary N) is 1. The zero-order valence-corrected chi connectivity index (χ0v) is 17.4. The summed E-state index contributed by atoms with van der Waals surface area (Å²) in [7, 11) is 1.27. The Kier molecular flexibility index (Phi) is 5.35. The van der Waals surface area contributed by atoms with E-state index in [0.717, 1.165) is 5.56 Å². The molecule has 1 aliphatic heterocycles. The number of hydrogen-bond donors (Lipinski definition) is 1. The molecule has 2 aromatic carbocycles. The highest BCUT2D eigenvalue weighted by atomic mass is 35.5. The fraction of sp³-hybridized carbons (Fsp3) is 0.0870. The summed E-state index contributed by atoms with van der Waals surface area (Å²) in [6, 6.07) is 15.3. The van der Waals surface area contributed by atoms with Crippen LogP contribution in [0.5, 0.6) is 0 Å². The quantitative estimate of drug-likeness (QED) is 0.377. The molecule has 4 rings (SSSR count). The number of nitrogens with zero attached hydrogens (tertiary/aromatic N) is 1. The highest BCUT2D eigenvalue weighted by Gasteiger charge is 2.34. The fourth-order valence-electron chi connectivity index (χ4n) is 3.11. The Hall–Kier alpha value is -3.84. The maximum atomic E-state index is 12.7. The zero-order valence-electron chi connectivity index (χ0n) is 16.6. The number of ether oxygens (including phenoxy) is 1. The molecule has 0 unspecified atom stereocenters. The lowest BCUT2D eigenvalue weighted by Gasteiger charge is -2.14. The molecule has 0 atom stereocenters. The molecule has 0 aliphatic carbocycles. The lowest BCUT2D eigenvalue weighted by Crippen LogP contribution is -2.35. The van der Waals surface area contributed by atoms with Gasteiger partial charge in [0.1, 0.15) is 17.1 Å². The molecule has 1 N–H and O–H groups in total. The summed E-state index contributed by atoms with van der Waals surface area (Å²) < 4.78 is 10.5. The molecule has 8 heteroatoms. The van der Waals surface area contributed by atoms with E-state index in [1.165, 1.54) is 18.2 Å². The van der Waals surface area contributed by atoms with Crippen LogP contribution in [0.4, 0.5) is 5.69 Å². The summed E-state index contributed by atoms with van der Waals surface area (Å²) in [5, 5.41) is 1.45. The average Bonchev–Trinajstić information content (AvgIpc) is 3.34. The van der Waals surface area contributed by atoms with Gasteiger partial charge in [-0.3, -0.25) is 15.0 Å². The van der Waals surface area contributed by atoms with Gasteiger partial charge in [0.05, 0.1) is 23.4 Å². The van der Waals surface area contributed by atoms with Gasteiger partial charge in [-0.15, -0.1) is 0 Å². The Morgan fingerprint density at radius 1 is 1.10 bits per heavy atom. The van der Waals surface area contributed by atoms with Gasteiger partial charge in [0, 0.05) is 5.56 Å². The van der Waals surface area contributed by atoms with Gasteiger partial charge in [-0.2, -0.15) is 0 Å². The molecule has 3 aromatic rings. The maximum absolute atomic E-state index is 12.7.